The van der Waals surface area contributed by atoms with Crippen molar-refractivity contribution in [1.29, 1.82) is 10.8 Å². The van der Waals surface area contributed by atoms with Crippen molar-refractivity contribution in [1.82, 2.24) is 5.32 Å². The molecule has 1 unspecified atom stereocenters. The highest BCUT2D eigenvalue weighted by atomic mass is 16.5. The third-order valence-corrected chi connectivity index (χ3v) is 5.00. The largest absolute Gasteiger partial charge is 0.493 e. The summed E-state index contributed by atoms with van der Waals surface area (Å²) in [6.45, 7) is 2.45. The summed E-state index contributed by atoms with van der Waals surface area (Å²) in [5.74, 6) is 0.537. The van der Waals surface area contributed by atoms with Crippen LogP contribution >= 0.6 is 0 Å². The van der Waals surface area contributed by atoms with Gasteiger partial charge in [0.1, 0.15) is 5.75 Å². The van der Waals surface area contributed by atoms with Crippen LogP contribution in [0.3, 0.4) is 0 Å². The molecule has 2 aliphatic heterocycles. The van der Waals surface area contributed by atoms with Crippen molar-refractivity contribution in [3.63, 3.8) is 0 Å². The second-order valence-corrected chi connectivity index (χ2v) is 6.22. The van der Waals surface area contributed by atoms with Crippen molar-refractivity contribution in [3.8, 4) is 5.75 Å². The zero-order valence-electron chi connectivity index (χ0n) is 12.7. The predicted octanol–water partition coefficient (Wildman–Crippen LogP) is 1.72. The molecule has 1 aromatic carbocycles. The molecule has 2 heterocycles. The number of aliphatic hydroxyl groups excluding tert-OH is 1. The molecule has 0 bridgehead atoms. The smallest absolute Gasteiger partial charge is 0.128 e. The van der Waals surface area contributed by atoms with Gasteiger partial charge in [-0.15, -0.1) is 0 Å². The first-order valence-electron chi connectivity index (χ1n) is 7.88. The van der Waals surface area contributed by atoms with Crippen molar-refractivity contribution in [3.05, 3.63) is 29.3 Å². The second-order valence-electron chi connectivity index (χ2n) is 6.22. The molecule has 22 heavy (non-hydrogen) atoms. The van der Waals surface area contributed by atoms with E-state index in [2.05, 4.69) is 5.32 Å². The van der Waals surface area contributed by atoms with E-state index in [4.69, 9.17) is 15.6 Å². The van der Waals surface area contributed by atoms with Gasteiger partial charge in [-0.2, -0.15) is 0 Å². The van der Waals surface area contributed by atoms with E-state index < -0.39 is 0 Å². The Morgan fingerprint density at radius 3 is 2.82 bits per heavy atom. The third kappa shape index (κ3) is 2.55. The molecule has 0 aliphatic carbocycles. The Bertz CT molecular complexity index is 579. The van der Waals surface area contributed by atoms with Gasteiger partial charge in [0, 0.05) is 23.1 Å². The molecular formula is C17H23N3O2. The number of hydrogen-bond donors (Lipinski definition) is 4. The molecule has 0 spiro atoms. The monoisotopic (exact) mass is 301 g/mol. The van der Waals surface area contributed by atoms with E-state index in [-0.39, 0.29) is 17.9 Å². The quantitative estimate of drug-likeness (QED) is 0.641. The Morgan fingerprint density at radius 1 is 1.36 bits per heavy atom. The summed E-state index contributed by atoms with van der Waals surface area (Å²) in [5.41, 5.74) is 2.07. The minimum Gasteiger partial charge on any atom is -0.493 e. The maximum atomic E-state index is 9.97. The second kappa shape index (κ2) is 6.18. The number of nitrogens with one attached hydrogen (secondary N) is 3. The summed E-state index contributed by atoms with van der Waals surface area (Å²) < 4.78 is 5.74. The van der Waals surface area contributed by atoms with E-state index in [1.54, 1.807) is 0 Å². The highest BCUT2D eigenvalue weighted by Gasteiger charge is 2.34. The van der Waals surface area contributed by atoms with Crippen molar-refractivity contribution in [2.45, 2.75) is 24.7 Å². The van der Waals surface area contributed by atoms with E-state index in [0.717, 1.165) is 42.8 Å². The molecule has 4 N–H and O–H groups in total. The van der Waals surface area contributed by atoms with Crippen molar-refractivity contribution < 1.29 is 9.84 Å². The average Bonchev–Trinajstić information content (AvgIpc) is 2.74. The minimum atomic E-state index is -0.229. The molecular weight excluding hydrogens is 278 g/mol. The molecule has 0 amide bonds. The predicted molar refractivity (Wildman–Crippen MR) is 86.5 cm³/mol. The molecule has 3 rings (SSSR count). The van der Waals surface area contributed by atoms with Gasteiger partial charge >= 0.3 is 0 Å². The SMILES string of the molecule is N=CC1CCOc2ccc(C3(CO)CCNCC3)cc2C1=N. The molecule has 118 valence electrons. The van der Waals surface area contributed by atoms with Gasteiger partial charge in [0.15, 0.2) is 0 Å². The van der Waals surface area contributed by atoms with Gasteiger partial charge in [0.2, 0.25) is 0 Å². The van der Waals surface area contributed by atoms with Gasteiger partial charge in [-0.25, -0.2) is 0 Å². The van der Waals surface area contributed by atoms with Gasteiger partial charge in [0.05, 0.1) is 18.9 Å². The Labute approximate surface area is 130 Å². The number of fused-ring (bicyclic) bond motifs is 1. The van der Waals surface area contributed by atoms with Gasteiger partial charge < -0.3 is 26.0 Å². The summed E-state index contributed by atoms with van der Waals surface area (Å²) in [7, 11) is 0. The van der Waals surface area contributed by atoms with Crippen LogP contribution in [-0.4, -0.2) is 43.3 Å². The fourth-order valence-electron chi connectivity index (χ4n) is 3.45. The Hall–Kier alpha value is -1.72. The lowest BCUT2D eigenvalue weighted by atomic mass is 9.73. The van der Waals surface area contributed by atoms with Crippen LogP contribution in [0.4, 0.5) is 0 Å². The summed E-state index contributed by atoms with van der Waals surface area (Å²) in [5, 5.41) is 29.2. The zero-order valence-corrected chi connectivity index (χ0v) is 12.7. The van der Waals surface area contributed by atoms with Crippen LogP contribution in [0, 0.1) is 16.7 Å². The van der Waals surface area contributed by atoms with Crippen LogP contribution in [0.25, 0.3) is 0 Å². The lowest BCUT2D eigenvalue weighted by Crippen LogP contribution is -2.42. The lowest BCUT2D eigenvalue weighted by molar-refractivity contribution is 0.158. The van der Waals surface area contributed by atoms with Crippen LogP contribution in [-0.2, 0) is 5.41 Å². The zero-order chi connectivity index (χ0) is 15.6. The third-order valence-electron chi connectivity index (χ3n) is 5.00. The molecule has 0 radical (unpaired) electrons. The molecule has 0 aromatic heterocycles. The van der Waals surface area contributed by atoms with E-state index >= 15 is 0 Å². The number of hydrogen-bond acceptors (Lipinski definition) is 5. The fourth-order valence-corrected chi connectivity index (χ4v) is 3.45. The normalized spacial score (nSPS) is 24.0. The highest BCUT2D eigenvalue weighted by molar-refractivity contribution is 6.09. The average molecular weight is 301 g/mol. The minimum absolute atomic E-state index is 0.121. The molecule has 2 aliphatic rings. The van der Waals surface area contributed by atoms with Crippen LogP contribution in [0.1, 0.15) is 30.4 Å². The lowest BCUT2D eigenvalue weighted by Gasteiger charge is -2.37. The van der Waals surface area contributed by atoms with Gasteiger partial charge in [0.25, 0.3) is 0 Å². The van der Waals surface area contributed by atoms with E-state index in [9.17, 15) is 5.11 Å². The molecule has 1 saturated heterocycles. The molecule has 5 heteroatoms. The Morgan fingerprint density at radius 2 is 2.14 bits per heavy atom. The summed E-state index contributed by atoms with van der Waals surface area (Å²) >= 11 is 0. The summed E-state index contributed by atoms with van der Waals surface area (Å²) in [6, 6.07) is 5.95. The first-order valence-corrected chi connectivity index (χ1v) is 7.88. The Kier molecular flexibility index (Phi) is 4.27. The molecule has 0 saturated carbocycles. The van der Waals surface area contributed by atoms with Gasteiger partial charge in [-0.1, -0.05) is 6.07 Å². The molecule has 5 nitrogen and oxygen atoms in total. The summed E-state index contributed by atoms with van der Waals surface area (Å²) in [6.07, 6.45) is 3.79. The topological polar surface area (TPSA) is 89.2 Å². The van der Waals surface area contributed by atoms with Crippen molar-refractivity contribution in [2.75, 3.05) is 26.3 Å². The van der Waals surface area contributed by atoms with Crippen LogP contribution in [0.2, 0.25) is 0 Å². The van der Waals surface area contributed by atoms with E-state index in [0.29, 0.717) is 18.7 Å². The Balaban J connectivity index is 2.02. The van der Waals surface area contributed by atoms with Crippen molar-refractivity contribution in [2.24, 2.45) is 5.92 Å². The van der Waals surface area contributed by atoms with Crippen LogP contribution in [0.5, 0.6) is 5.75 Å². The van der Waals surface area contributed by atoms with E-state index in [1.807, 2.05) is 18.2 Å². The number of benzene rings is 1. The molecule has 1 atom stereocenters. The maximum Gasteiger partial charge on any atom is 0.128 e. The van der Waals surface area contributed by atoms with Crippen LogP contribution in [0.15, 0.2) is 18.2 Å². The number of aliphatic hydroxyl groups is 1. The molecule has 1 fully saturated rings. The van der Waals surface area contributed by atoms with Crippen molar-refractivity contribution >= 4 is 11.9 Å². The number of ether oxygens (including phenoxy) is 1. The summed E-state index contributed by atoms with van der Waals surface area (Å²) in [4.78, 5) is 0. The van der Waals surface area contributed by atoms with E-state index in [1.165, 1.54) is 6.21 Å². The number of rotatable bonds is 3. The maximum absolute atomic E-state index is 9.97. The van der Waals surface area contributed by atoms with Gasteiger partial charge in [-0.05, 0) is 50.0 Å². The van der Waals surface area contributed by atoms with Gasteiger partial charge in [-0.3, -0.25) is 0 Å². The molecule has 1 aromatic rings. The van der Waals surface area contributed by atoms with Crippen LogP contribution < -0.4 is 10.1 Å². The highest BCUT2D eigenvalue weighted by Crippen LogP contribution is 2.37. The number of piperidine rings is 1. The fraction of sp³-hybridized carbons (Fsp3) is 0.529. The first-order chi connectivity index (χ1) is 10.7. The standard InChI is InChI=1S/C17H23N3O2/c18-10-12-3-8-22-15-2-1-13(9-14(15)16(12)19)17(11-21)4-6-20-7-5-17/h1-2,9-10,12,18-21H,3-8,11H2. The first kappa shape index (κ1) is 15.2.